The average molecular weight is 517 g/mol. The number of amides is 2. The third kappa shape index (κ3) is 7.54. The van der Waals surface area contributed by atoms with Crippen LogP contribution >= 0.6 is 12.2 Å². The summed E-state index contributed by atoms with van der Waals surface area (Å²) >= 11 is 5.35. The van der Waals surface area contributed by atoms with E-state index in [-0.39, 0.29) is 16.9 Å². The molecule has 1 heterocycles. The van der Waals surface area contributed by atoms with Crippen molar-refractivity contribution in [1.29, 1.82) is 0 Å². The van der Waals surface area contributed by atoms with E-state index in [4.69, 9.17) is 17.0 Å². The molecule has 0 unspecified atom stereocenters. The minimum absolute atomic E-state index is 0.219. The molecule has 8 heteroatoms. The molecule has 0 bridgehead atoms. The Balaban J connectivity index is 1.25. The van der Waals surface area contributed by atoms with Gasteiger partial charge < -0.3 is 19.9 Å². The predicted molar refractivity (Wildman–Crippen MR) is 151 cm³/mol. The highest BCUT2D eigenvalue weighted by atomic mass is 32.1. The maximum atomic E-state index is 12.7. The quantitative estimate of drug-likeness (QED) is 0.418. The average Bonchev–Trinajstić information content (AvgIpc) is 2.93. The van der Waals surface area contributed by atoms with Gasteiger partial charge in [0.2, 0.25) is 5.91 Å². The molecule has 7 nitrogen and oxygen atoms in total. The lowest BCUT2D eigenvalue weighted by Crippen LogP contribution is -2.48. The molecule has 0 radical (unpaired) electrons. The van der Waals surface area contributed by atoms with Gasteiger partial charge in [-0.2, -0.15) is 0 Å². The largest absolute Gasteiger partial charge is 0.489 e. The van der Waals surface area contributed by atoms with E-state index in [0.717, 1.165) is 49.5 Å². The molecule has 37 heavy (non-hydrogen) atoms. The Morgan fingerprint density at radius 2 is 1.65 bits per heavy atom. The summed E-state index contributed by atoms with van der Waals surface area (Å²) in [5.41, 5.74) is 3.39. The van der Waals surface area contributed by atoms with Crippen molar-refractivity contribution in [1.82, 2.24) is 10.2 Å². The molecule has 3 aromatic rings. The molecule has 1 fully saturated rings. The van der Waals surface area contributed by atoms with Crippen LogP contribution in [0.4, 0.5) is 11.4 Å². The Hall–Kier alpha value is -3.91. The van der Waals surface area contributed by atoms with Gasteiger partial charge in [0.15, 0.2) is 5.11 Å². The molecule has 2 amide bonds. The van der Waals surface area contributed by atoms with Gasteiger partial charge in [-0.05, 0) is 66.7 Å². The summed E-state index contributed by atoms with van der Waals surface area (Å²) in [6.07, 6.45) is 1.50. The van der Waals surface area contributed by atoms with Crippen LogP contribution in [0.3, 0.4) is 0 Å². The first-order valence-electron chi connectivity index (χ1n) is 12.5. The molecular weight excluding hydrogens is 484 g/mol. The van der Waals surface area contributed by atoms with E-state index < -0.39 is 0 Å². The second-order valence-corrected chi connectivity index (χ2v) is 9.28. The van der Waals surface area contributed by atoms with Gasteiger partial charge in [0.25, 0.3) is 5.91 Å². The second-order valence-electron chi connectivity index (χ2n) is 8.88. The van der Waals surface area contributed by atoms with Crippen LogP contribution in [0, 0.1) is 0 Å². The highest BCUT2D eigenvalue weighted by Gasteiger charge is 2.20. The molecule has 1 aliphatic heterocycles. The Morgan fingerprint density at radius 1 is 0.919 bits per heavy atom. The van der Waals surface area contributed by atoms with Gasteiger partial charge in [0.05, 0.1) is 0 Å². The Kier molecular flexibility index (Phi) is 9.10. The van der Waals surface area contributed by atoms with Gasteiger partial charge >= 0.3 is 0 Å². The van der Waals surface area contributed by atoms with Crippen molar-refractivity contribution in [3.63, 3.8) is 0 Å². The molecular formula is C29H32N4O3S. The van der Waals surface area contributed by atoms with Crippen LogP contribution in [0.5, 0.6) is 5.75 Å². The summed E-state index contributed by atoms with van der Waals surface area (Å²) in [7, 11) is 0. The number of carbonyl (C=O) groups excluding carboxylic acids is 2. The van der Waals surface area contributed by atoms with Gasteiger partial charge in [-0.3, -0.25) is 14.9 Å². The van der Waals surface area contributed by atoms with Crippen LogP contribution in [-0.4, -0.2) is 48.0 Å². The molecule has 0 saturated carbocycles. The fourth-order valence-electron chi connectivity index (χ4n) is 4.15. The molecule has 0 aliphatic carbocycles. The standard InChI is InChI=1S/C29H32N4O3S/c1-2-7-27(34)33-18-16-32(17-19-33)25-14-12-24(13-15-25)30-29(37)31-28(35)23-10-6-11-26(20-23)36-21-22-8-4-3-5-9-22/h3-6,8-15,20H,2,7,16-19,21H2,1H3,(H2,30,31,35,37). The summed E-state index contributed by atoms with van der Waals surface area (Å²) in [6, 6.07) is 24.8. The van der Waals surface area contributed by atoms with E-state index in [1.807, 2.05) is 72.5 Å². The molecule has 0 aromatic heterocycles. The number of carbonyl (C=O) groups is 2. The number of anilines is 2. The van der Waals surface area contributed by atoms with Gasteiger partial charge in [-0.1, -0.05) is 43.3 Å². The summed E-state index contributed by atoms with van der Waals surface area (Å²) in [5.74, 6) is 0.542. The number of thiocarbonyl (C=S) groups is 1. The Labute approximate surface area is 223 Å². The van der Waals surface area contributed by atoms with Crippen LogP contribution in [0.2, 0.25) is 0 Å². The number of ether oxygens (including phenoxy) is 1. The summed E-state index contributed by atoms with van der Waals surface area (Å²) in [4.78, 5) is 29.0. The van der Waals surface area contributed by atoms with Gasteiger partial charge in [-0.15, -0.1) is 0 Å². The zero-order valence-electron chi connectivity index (χ0n) is 21.0. The lowest BCUT2D eigenvalue weighted by Gasteiger charge is -2.36. The monoisotopic (exact) mass is 516 g/mol. The number of nitrogens with one attached hydrogen (secondary N) is 2. The SMILES string of the molecule is CCCC(=O)N1CCN(c2ccc(NC(=S)NC(=O)c3cccc(OCc4ccccc4)c3)cc2)CC1. The highest BCUT2D eigenvalue weighted by molar-refractivity contribution is 7.80. The zero-order valence-corrected chi connectivity index (χ0v) is 21.8. The maximum absolute atomic E-state index is 12.7. The molecule has 1 saturated heterocycles. The first-order chi connectivity index (χ1) is 18.0. The third-order valence-corrected chi connectivity index (χ3v) is 6.36. The third-order valence-electron chi connectivity index (χ3n) is 6.16. The molecule has 2 N–H and O–H groups in total. The van der Waals surface area contributed by atoms with Crippen LogP contribution in [-0.2, 0) is 11.4 Å². The predicted octanol–water partition coefficient (Wildman–Crippen LogP) is 4.84. The van der Waals surface area contributed by atoms with E-state index in [2.05, 4.69) is 15.5 Å². The van der Waals surface area contributed by atoms with Crippen molar-refractivity contribution in [2.45, 2.75) is 26.4 Å². The summed E-state index contributed by atoms with van der Waals surface area (Å²) in [6.45, 7) is 5.56. The molecule has 1 aliphatic rings. The van der Waals surface area contributed by atoms with Crippen molar-refractivity contribution in [3.8, 4) is 5.75 Å². The van der Waals surface area contributed by atoms with E-state index in [9.17, 15) is 9.59 Å². The lowest BCUT2D eigenvalue weighted by atomic mass is 10.2. The van der Waals surface area contributed by atoms with Gasteiger partial charge in [0, 0.05) is 49.5 Å². The van der Waals surface area contributed by atoms with Crippen LogP contribution in [0.25, 0.3) is 0 Å². The number of benzene rings is 3. The summed E-state index contributed by atoms with van der Waals surface area (Å²) in [5, 5.41) is 6.01. The van der Waals surface area contributed by atoms with Crippen molar-refractivity contribution < 1.29 is 14.3 Å². The van der Waals surface area contributed by atoms with Crippen molar-refractivity contribution in [3.05, 3.63) is 90.0 Å². The van der Waals surface area contributed by atoms with Crippen LogP contribution in [0.1, 0.15) is 35.7 Å². The van der Waals surface area contributed by atoms with Crippen molar-refractivity contribution in [2.24, 2.45) is 0 Å². The number of hydrogen-bond donors (Lipinski definition) is 2. The highest BCUT2D eigenvalue weighted by Crippen LogP contribution is 2.20. The number of nitrogens with zero attached hydrogens (tertiary/aromatic N) is 2. The summed E-state index contributed by atoms with van der Waals surface area (Å²) < 4.78 is 5.82. The van der Waals surface area contributed by atoms with E-state index >= 15 is 0 Å². The van der Waals surface area contributed by atoms with E-state index in [0.29, 0.717) is 24.3 Å². The zero-order chi connectivity index (χ0) is 26.0. The molecule has 0 atom stereocenters. The first kappa shape index (κ1) is 26.2. The minimum Gasteiger partial charge on any atom is -0.489 e. The van der Waals surface area contributed by atoms with Gasteiger partial charge in [0.1, 0.15) is 12.4 Å². The number of rotatable bonds is 8. The normalized spacial score (nSPS) is 13.1. The Morgan fingerprint density at radius 3 is 2.35 bits per heavy atom. The second kappa shape index (κ2) is 12.9. The van der Waals surface area contributed by atoms with Crippen LogP contribution < -0.4 is 20.3 Å². The smallest absolute Gasteiger partial charge is 0.257 e. The Bertz CT molecular complexity index is 1210. The maximum Gasteiger partial charge on any atom is 0.257 e. The van der Waals surface area contributed by atoms with E-state index in [1.54, 1.807) is 18.2 Å². The fraction of sp³-hybridized carbons (Fsp3) is 0.276. The molecule has 0 spiro atoms. The van der Waals surface area contributed by atoms with Crippen molar-refractivity contribution >= 4 is 40.5 Å². The molecule has 3 aromatic carbocycles. The van der Waals surface area contributed by atoms with Crippen LogP contribution in [0.15, 0.2) is 78.9 Å². The lowest BCUT2D eigenvalue weighted by molar-refractivity contribution is -0.131. The first-order valence-corrected chi connectivity index (χ1v) is 12.9. The topological polar surface area (TPSA) is 73.9 Å². The fourth-order valence-corrected chi connectivity index (χ4v) is 4.36. The minimum atomic E-state index is -0.310. The molecule has 192 valence electrons. The van der Waals surface area contributed by atoms with Gasteiger partial charge in [-0.25, -0.2) is 0 Å². The molecule has 4 rings (SSSR count). The number of hydrogen-bond acceptors (Lipinski definition) is 5. The van der Waals surface area contributed by atoms with E-state index in [1.165, 1.54) is 0 Å². The van der Waals surface area contributed by atoms with Crippen molar-refractivity contribution in [2.75, 3.05) is 36.4 Å². The number of piperazine rings is 1.